The summed E-state index contributed by atoms with van der Waals surface area (Å²) in [6.45, 7) is 5.18. The average molecular weight is 430 g/mol. The predicted molar refractivity (Wildman–Crippen MR) is 118 cm³/mol. The van der Waals surface area contributed by atoms with Crippen molar-refractivity contribution in [2.45, 2.75) is 70.2 Å². The highest BCUT2D eigenvalue weighted by atomic mass is 32.2. The van der Waals surface area contributed by atoms with Crippen LogP contribution in [-0.2, 0) is 11.4 Å². The van der Waals surface area contributed by atoms with Gasteiger partial charge >= 0.3 is 0 Å². The molecule has 4 rings (SSSR count). The van der Waals surface area contributed by atoms with Crippen LogP contribution in [0.4, 0.5) is 0 Å². The maximum Gasteiger partial charge on any atom is 0.233 e. The van der Waals surface area contributed by atoms with Crippen molar-refractivity contribution in [3.63, 3.8) is 0 Å². The van der Waals surface area contributed by atoms with Gasteiger partial charge in [-0.2, -0.15) is 0 Å². The van der Waals surface area contributed by atoms with Crippen LogP contribution < -0.4 is 10.6 Å². The van der Waals surface area contributed by atoms with Gasteiger partial charge in [0.2, 0.25) is 11.1 Å². The monoisotopic (exact) mass is 429 g/mol. The molecule has 30 heavy (non-hydrogen) atoms. The zero-order valence-corrected chi connectivity index (χ0v) is 18.7. The first kappa shape index (κ1) is 21.0. The molecule has 2 fully saturated rings. The Kier molecular flexibility index (Phi) is 6.51. The molecule has 2 aromatic rings. The van der Waals surface area contributed by atoms with Crippen LogP contribution in [0.1, 0.15) is 55.5 Å². The maximum absolute atomic E-state index is 12.9. The van der Waals surface area contributed by atoms with Gasteiger partial charge in [0.15, 0.2) is 5.82 Å². The minimum atomic E-state index is 0.188. The Morgan fingerprint density at radius 1 is 1.20 bits per heavy atom. The Hall–Kier alpha value is -2.22. The fourth-order valence-electron chi connectivity index (χ4n) is 4.75. The molecule has 7 nitrogen and oxygen atoms in total. The third kappa shape index (κ3) is 4.58. The number of rotatable bonds is 6. The van der Waals surface area contributed by atoms with Gasteiger partial charge in [-0.3, -0.25) is 4.79 Å². The minimum absolute atomic E-state index is 0.188. The van der Waals surface area contributed by atoms with Crippen LogP contribution >= 0.6 is 11.8 Å². The molecular formula is C22H31N5O2S. The van der Waals surface area contributed by atoms with Crippen molar-refractivity contribution in [2.24, 2.45) is 5.92 Å². The summed E-state index contributed by atoms with van der Waals surface area (Å²) in [6, 6.07) is 6.47. The highest BCUT2D eigenvalue weighted by Gasteiger charge is 2.35. The number of thioether (sulfide) groups is 1. The number of benzene rings is 1. The molecule has 1 aliphatic heterocycles. The van der Waals surface area contributed by atoms with Crippen LogP contribution in [0, 0.1) is 19.8 Å². The van der Waals surface area contributed by atoms with Crippen molar-refractivity contribution in [1.29, 1.82) is 0 Å². The molecule has 1 aliphatic carbocycles. The lowest BCUT2D eigenvalue weighted by Crippen LogP contribution is -2.50. The van der Waals surface area contributed by atoms with E-state index < -0.39 is 0 Å². The van der Waals surface area contributed by atoms with Crippen molar-refractivity contribution in [3.05, 3.63) is 35.2 Å². The van der Waals surface area contributed by atoms with E-state index in [4.69, 9.17) is 10.6 Å². The number of hydrogen-bond acceptors (Lipinski definition) is 6. The van der Waals surface area contributed by atoms with Crippen molar-refractivity contribution in [3.8, 4) is 5.75 Å². The second-order valence-electron chi connectivity index (χ2n) is 8.46. The average Bonchev–Trinajstić information content (AvgIpc) is 3.10. The Labute approximate surface area is 182 Å². The molecule has 162 valence electrons. The number of hydrogen-bond donors (Lipinski definition) is 1. The molecular weight excluding hydrogens is 398 g/mol. The van der Waals surface area contributed by atoms with Gasteiger partial charge in [-0.15, -0.1) is 10.2 Å². The summed E-state index contributed by atoms with van der Waals surface area (Å²) >= 11 is 1.35. The standard InChI is InChI=1S/C22H31N5O2S/c1-15-9-10-19(16(2)12-15)29-13-20-24-25-22(27(20)23)30-14-21(28)26-11-5-7-17-6-3-4-8-18(17)26/h9-10,12,17-18H,3-8,11,13-14,23H2,1-2H3/t17-,18-/m1/s1. The molecule has 1 saturated heterocycles. The summed E-state index contributed by atoms with van der Waals surface area (Å²) in [7, 11) is 0. The van der Waals surface area contributed by atoms with Gasteiger partial charge in [-0.05, 0) is 57.1 Å². The number of amides is 1. The molecule has 0 radical (unpaired) electrons. The van der Waals surface area contributed by atoms with Crippen molar-refractivity contribution in [1.82, 2.24) is 19.8 Å². The summed E-state index contributed by atoms with van der Waals surface area (Å²) in [5.41, 5.74) is 2.26. The number of ether oxygens (including phenoxy) is 1. The fraction of sp³-hybridized carbons (Fsp3) is 0.591. The molecule has 1 saturated carbocycles. The molecule has 0 bridgehead atoms. The first-order valence-electron chi connectivity index (χ1n) is 10.8. The van der Waals surface area contributed by atoms with E-state index in [-0.39, 0.29) is 12.5 Å². The first-order chi connectivity index (χ1) is 14.5. The molecule has 1 amide bonds. The molecule has 8 heteroatoms. The van der Waals surface area contributed by atoms with E-state index in [1.165, 1.54) is 47.7 Å². The Morgan fingerprint density at radius 3 is 2.83 bits per heavy atom. The van der Waals surface area contributed by atoms with E-state index in [1.54, 1.807) is 0 Å². The predicted octanol–water partition coefficient (Wildman–Crippen LogP) is 3.46. The van der Waals surface area contributed by atoms with E-state index in [1.807, 2.05) is 19.1 Å². The fourth-order valence-corrected chi connectivity index (χ4v) is 5.51. The van der Waals surface area contributed by atoms with E-state index in [9.17, 15) is 4.79 Å². The lowest BCUT2D eigenvalue weighted by atomic mass is 9.78. The number of piperidine rings is 1. The summed E-state index contributed by atoms with van der Waals surface area (Å²) in [6.07, 6.45) is 7.34. The van der Waals surface area contributed by atoms with Crippen LogP contribution in [-0.4, -0.2) is 44.0 Å². The van der Waals surface area contributed by atoms with Gasteiger partial charge < -0.3 is 15.5 Å². The van der Waals surface area contributed by atoms with Crippen LogP contribution in [0.5, 0.6) is 5.75 Å². The second kappa shape index (κ2) is 9.29. The zero-order valence-electron chi connectivity index (χ0n) is 17.8. The minimum Gasteiger partial charge on any atom is -0.485 e. The Balaban J connectivity index is 1.33. The van der Waals surface area contributed by atoms with E-state index in [2.05, 4.69) is 28.1 Å². The maximum atomic E-state index is 12.9. The van der Waals surface area contributed by atoms with Crippen LogP contribution in [0.2, 0.25) is 0 Å². The van der Waals surface area contributed by atoms with Gasteiger partial charge in [0.25, 0.3) is 0 Å². The number of aryl methyl sites for hydroxylation is 2. The van der Waals surface area contributed by atoms with E-state index in [0.717, 1.165) is 30.7 Å². The highest BCUT2D eigenvalue weighted by molar-refractivity contribution is 7.99. The largest absolute Gasteiger partial charge is 0.485 e. The van der Waals surface area contributed by atoms with Gasteiger partial charge in [-0.25, -0.2) is 4.68 Å². The van der Waals surface area contributed by atoms with Gasteiger partial charge in [0, 0.05) is 12.6 Å². The van der Waals surface area contributed by atoms with Crippen LogP contribution in [0.3, 0.4) is 0 Å². The van der Waals surface area contributed by atoms with Crippen LogP contribution in [0.25, 0.3) is 0 Å². The molecule has 2 atom stereocenters. The number of fused-ring (bicyclic) bond motifs is 1. The highest BCUT2D eigenvalue weighted by Crippen LogP contribution is 2.35. The molecule has 2 heterocycles. The number of nitrogen functional groups attached to an aromatic ring is 1. The number of carbonyl (C=O) groups is 1. The smallest absolute Gasteiger partial charge is 0.233 e. The number of carbonyl (C=O) groups excluding carboxylic acids is 1. The molecule has 2 N–H and O–H groups in total. The summed E-state index contributed by atoms with van der Waals surface area (Å²) in [4.78, 5) is 15.0. The number of aromatic nitrogens is 3. The van der Waals surface area contributed by atoms with Gasteiger partial charge in [-0.1, -0.05) is 42.3 Å². The third-order valence-electron chi connectivity index (χ3n) is 6.31. The topological polar surface area (TPSA) is 86.3 Å². The summed E-state index contributed by atoms with van der Waals surface area (Å²) in [5.74, 6) is 8.73. The van der Waals surface area contributed by atoms with Crippen molar-refractivity contribution < 1.29 is 9.53 Å². The quantitative estimate of drug-likeness (QED) is 0.559. The van der Waals surface area contributed by atoms with Crippen molar-refractivity contribution in [2.75, 3.05) is 18.1 Å². The second-order valence-corrected chi connectivity index (χ2v) is 9.40. The van der Waals surface area contributed by atoms with Gasteiger partial charge in [0.05, 0.1) is 5.75 Å². The molecule has 1 aromatic carbocycles. The SMILES string of the molecule is Cc1ccc(OCc2nnc(SCC(=O)N3CCC[C@H]4CCCC[C@H]43)n2N)c(C)c1. The normalized spacial score (nSPS) is 21.3. The number of likely N-dealkylation sites (tertiary alicyclic amines) is 1. The summed E-state index contributed by atoms with van der Waals surface area (Å²) < 4.78 is 7.30. The third-order valence-corrected chi connectivity index (χ3v) is 7.24. The molecule has 1 aromatic heterocycles. The zero-order chi connectivity index (χ0) is 21.1. The van der Waals surface area contributed by atoms with Gasteiger partial charge in [0.1, 0.15) is 12.4 Å². The molecule has 0 spiro atoms. The van der Waals surface area contributed by atoms with Crippen LogP contribution in [0.15, 0.2) is 23.4 Å². The van der Waals surface area contributed by atoms with E-state index in [0.29, 0.717) is 28.7 Å². The lowest BCUT2D eigenvalue weighted by Gasteiger charge is -2.44. The number of nitrogens with two attached hydrogens (primary N) is 1. The lowest BCUT2D eigenvalue weighted by molar-refractivity contribution is -0.134. The Morgan fingerprint density at radius 2 is 2.00 bits per heavy atom. The summed E-state index contributed by atoms with van der Waals surface area (Å²) in [5, 5.41) is 8.86. The first-order valence-corrected chi connectivity index (χ1v) is 11.8. The van der Waals surface area contributed by atoms with Crippen molar-refractivity contribution >= 4 is 17.7 Å². The number of nitrogens with zero attached hydrogens (tertiary/aromatic N) is 4. The van der Waals surface area contributed by atoms with E-state index >= 15 is 0 Å². The Bertz CT molecular complexity index is 898. The molecule has 2 aliphatic rings. The molecule has 0 unspecified atom stereocenters.